The summed E-state index contributed by atoms with van der Waals surface area (Å²) in [5.74, 6) is -1.49. The second kappa shape index (κ2) is 5.83. The van der Waals surface area contributed by atoms with Crippen molar-refractivity contribution in [2.75, 3.05) is 13.1 Å². The van der Waals surface area contributed by atoms with Crippen LogP contribution in [0.5, 0.6) is 0 Å². The van der Waals surface area contributed by atoms with Crippen molar-refractivity contribution in [3.05, 3.63) is 33.8 Å². The molecule has 1 aliphatic heterocycles. The molecule has 1 atom stereocenters. The van der Waals surface area contributed by atoms with Crippen LogP contribution in [-0.4, -0.2) is 35.0 Å². The van der Waals surface area contributed by atoms with Crippen LogP contribution in [0.3, 0.4) is 0 Å². The maximum absolute atomic E-state index is 12.5. The number of rotatable bonds is 2. The van der Waals surface area contributed by atoms with Gasteiger partial charge in [0.05, 0.1) is 16.5 Å². The van der Waals surface area contributed by atoms with Gasteiger partial charge in [0.25, 0.3) is 5.91 Å². The average molecular weight is 296 g/mol. The molecule has 2 rings (SSSR count). The van der Waals surface area contributed by atoms with Crippen LogP contribution >= 0.6 is 11.6 Å². The van der Waals surface area contributed by atoms with Crippen molar-refractivity contribution in [2.24, 2.45) is 5.92 Å². The first-order valence-corrected chi connectivity index (χ1v) is 7.06. The minimum absolute atomic E-state index is 0.177. The van der Waals surface area contributed by atoms with Crippen molar-refractivity contribution < 1.29 is 14.7 Å². The molecule has 20 heavy (non-hydrogen) atoms. The first-order chi connectivity index (χ1) is 9.40. The van der Waals surface area contributed by atoms with Gasteiger partial charge in [0.1, 0.15) is 0 Å². The summed E-state index contributed by atoms with van der Waals surface area (Å²) in [6.45, 7) is 4.72. The van der Waals surface area contributed by atoms with Gasteiger partial charge in [-0.25, -0.2) is 0 Å². The van der Waals surface area contributed by atoms with Crippen LogP contribution < -0.4 is 0 Å². The predicted molar refractivity (Wildman–Crippen MR) is 77.2 cm³/mol. The van der Waals surface area contributed by atoms with E-state index in [9.17, 15) is 9.59 Å². The lowest BCUT2D eigenvalue weighted by Crippen LogP contribution is -2.42. The molecule has 0 bridgehead atoms. The number of carboxylic acid groups (broad SMARTS) is 1. The Morgan fingerprint density at radius 1 is 1.30 bits per heavy atom. The third kappa shape index (κ3) is 2.96. The summed E-state index contributed by atoms with van der Waals surface area (Å²) in [6, 6.07) is 3.56. The van der Waals surface area contributed by atoms with E-state index in [1.165, 1.54) is 0 Å². The molecule has 108 valence electrons. The highest BCUT2D eigenvalue weighted by molar-refractivity contribution is 6.34. The van der Waals surface area contributed by atoms with Gasteiger partial charge >= 0.3 is 5.97 Å². The molecule has 1 amide bonds. The Morgan fingerprint density at radius 2 is 1.95 bits per heavy atom. The fraction of sp³-hybridized carbons (Fsp3) is 0.467. The first-order valence-electron chi connectivity index (χ1n) is 6.69. The van der Waals surface area contributed by atoms with Gasteiger partial charge in [0.2, 0.25) is 0 Å². The van der Waals surface area contributed by atoms with Crippen molar-refractivity contribution in [1.82, 2.24) is 4.90 Å². The van der Waals surface area contributed by atoms with Crippen LogP contribution in [0.15, 0.2) is 12.1 Å². The van der Waals surface area contributed by atoms with Crippen molar-refractivity contribution in [1.29, 1.82) is 0 Å². The van der Waals surface area contributed by atoms with Gasteiger partial charge in [0.15, 0.2) is 0 Å². The van der Waals surface area contributed by atoms with E-state index in [4.69, 9.17) is 16.7 Å². The summed E-state index contributed by atoms with van der Waals surface area (Å²) >= 11 is 6.15. The second-order valence-corrected chi connectivity index (χ2v) is 5.75. The maximum Gasteiger partial charge on any atom is 0.308 e. The molecule has 1 saturated heterocycles. The number of aliphatic carboxylic acids is 1. The number of aryl methyl sites for hydroxylation is 2. The first kappa shape index (κ1) is 14.9. The predicted octanol–water partition coefficient (Wildman–Crippen LogP) is 2.89. The van der Waals surface area contributed by atoms with E-state index in [2.05, 4.69) is 0 Å². The summed E-state index contributed by atoms with van der Waals surface area (Å²) < 4.78 is 0. The topological polar surface area (TPSA) is 57.6 Å². The molecule has 1 aliphatic rings. The summed E-state index contributed by atoms with van der Waals surface area (Å²) in [6.07, 6.45) is 1.34. The van der Waals surface area contributed by atoms with Crippen LogP contribution in [0, 0.1) is 19.8 Å². The third-order valence-electron chi connectivity index (χ3n) is 3.87. The monoisotopic (exact) mass is 295 g/mol. The standard InChI is InChI=1S/C15H18ClNO3/c1-9-6-12(13(16)7-10(9)2)14(18)17-5-3-4-11(8-17)15(19)20/h6-7,11H,3-5,8H2,1-2H3,(H,19,20)/t11-/m0/s1. The van der Waals surface area contributed by atoms with Gasteiger partial charge in [-0.15, -0.1) is 0 Å². The molecule has 0 aliphatic carbocycles. The van der Waals surface area contributed by atoms with Crippen LogP contribution in [0.2, 0.25) is 5.02 Å². The number of likely N-dealkylation sites (tertiary alicyclic amines) is 1. The minimum Gasteiger partial charge on any atom is -0.481 e. The summed E-state index contributed by atoms with van der Waals surface area (Å²) in [7, 11) is 0. The molecule has 5 heteroatoms. The zero-order chi connectivity index (χ0) is 14.9. The molecule has 0 radical (unpaired) electrons. The van der Waals surface area contributed by atoms with E-state index in [1.54, 1.807) is 17.0 Å². The normalized spacial score (nSPS) is 18.9. The molecule has 1 aromatic carbocycles. The van der Waals surface area contributed by atoms with Gasteiger partial charge in [-0.1, -0.05) is 11.6 Å². The van der Waals surface area contributed by atoms with Crippen LogP contribution in [0.4, 0.5) is 0 Å². The number of hydrogen-bond acceptors (Lipinski definition) is 2. The van der Waals surface area contributed by atoms with E-state index < -0.39 is 11.9 Å². The van der Waals surface area contributed by atoms with Gasteiger partial charge in [-0.05, 0) is 49.9 Å². The van der Waals surface area contributed by atoms with Gasteiger partial charge < -0.3 is 10.0 Å². The van der Waals surface area contributed by atoms with Gasteiger partial charge in [-0.2, -0.15) is 0 Å². The lowest BCUT2D eigenvalue weighted by Gasteiger charge is -2.31. The third-order valence-corrected chi connectivity index (χ3v) is 4.18. The number of carboxylic acids is 1. The van der Waals surface area contributed by atoms with Crippen molar-refractivity contribution >= 4 is 23.5 Å². The largest absolute Gasteiger partial charge is 0.481 e. The Balaban J connectivity index is 2.23. The molecule has 1 fully saturated rings. The molecule has 0 aromatic heterocycles. The Bertz CT molecular complexity index is 556. The number of nitrogens with zero attached hydrogens (tertiary/aromatic N) is 1. The number of amides is 1. The van der Waals surface area contributed by atoms with Crippen molar-refractivity contribution in [3.8, 4) is 0 Å². The van der Waals surface area contributed by atoms with Crippen molar-refractivity contribution in [2.45, 2.75) is 26.7 Å². The molecular formula is C15H18ClNO3. The fourth-order valence-corrected chi connectivity index (χ4v) is 2.78. The van der Waals surface area contributed by atoms with E-state index in [1.807, 2.05) is 13.8 Å². The highest BCUT2D eigenvalue weighted by Gasteiger charge is 2.29. The lowest BCUT2D eigenvalue weighted by atomic mass is 9.97. The molecule has 1 heterocycles. The summed E-state index contributed by atoms with van der Waals surface area (Å²) in [4.78, 5) is 25.2. The molecule has 0 spiro atoms. The molecular weight excluding hydrogens is 278 g/mol. The van der Waals surface area contributed by atoms with Gasteiger partial charge in [-0.3, -0.25) is 9.59 Å². The Hall–Kier alpha value is -1.55. The van der Waals surface area contributed by atoms with Gasteiger partial charge in [0, 0.05) is 13.1 Å². The average Bonchev–Trinajstić information content (AvgIpc) is 2.42. The van der Waals surface area contributed by atoms with Crippen LogP contribution in [-0.2, 0) is 4.79 Å². The van der Waals surface area contributed by atoms with E-state index in [-0.39, 0.29) is 12.5 Å². The summed E-state index contributed by atoms with van der Waals surface area (Å²) in [5.41, 5.74) is 2.50. The number of carbonyl (C=O) groups is 2. The highest BCUT2D eigenvalue weighted by Crippen LogP contribution is 2.25. The Kier molecular flexibility index (Phi) is 4.33. The minimum atomic E-state index is -0.839. The number of carbonyl (C=O) groups excluding carboxylic acids is 1. The fourth-order valence-electron chi connectivity index (χ4n) is 2.48. The smallest absolute Gasteiger partial charge is 0.308 e. The van der Waals surface area contributed by atoms with Crippen LogP contribution in [0.25, 0.3) is 0 Å². The molecule has 1 aromatic rings. The quantitative estimate of drug-likeness (QED) is 0.912. The Labute approximate surface area is 123 Å². The molecule has 0 saturated carbocycles. The number of hydrogen-bond donors (Lipinski definition) is 1. The number of piperidine rings is 1. The SMILES string of the molecule is Cc1cc(Cl)c(C(=O)N2CCC[C@H](C(=O)O)C2)cc1C. The highest BCUT2D eigenvalue weighted by atomic mass is 35.5. The molecule has 0 unspecified atom stereocenters. The van der Waals surface area contributed by atoms with E-state index in [0.29, 0.717) is 30.0 Å². The lowest BCUT2D eigenvalue weighted by molar-refractivity contribution is -0.143. The zero-order valence-electron chi connectivity index (χ0n) is 11.6. The van der Waals surface area contributed by atoms with Crippen LogP contribution in [0.1, 0.15) is 34.3 Å². The van der Waals surface area contributed by atoms with E-state index in [0.717, 1.165) is 11.1 Å². The molecule has 4 nitrogen and oxygen atoms in total. The van der Waals surface area contributed by atoms with E-state index >= 15 is 0 Å². The molecule has 1 N–H and O–H groups in total. The number of halogens is 1. The summed E-state index contributed by atoms with van der Waals surface area (Å²) in [5, 5.41) is 9.51. The Morgan fingerprint density at radius 3 is 2.60 bits per heavy atom. The maximum atomic E-state index is 12.5. The number of benzene rings is 1. The zero-order valence-corrected chi connectivity index (χ0v) is 12.4. The van der Waals surface area contributed by atoms with Crippen molar-refractivity contribution in [3.63, 3.8) is 0 Å². The second-order valence-electron chi connectivity index (χ2n) is 5.34.